The summed E-state index contributed by atoms with van der Waals surface area (Å²) >= 11 is 0. The van der Waals surface area contributed by atoms with Gasteiger partial charge in [0.25, 0.3) is 11.8 Å². The third-order valence-electron chi connectivity index (χ3n) is 17.1. The van der Waals surface area contributed by atoms with Crippen LogP contribution in [-0.2, 0) is 39.3 Å². The minimum absolute atomic E-state index is 0.00224. The monoisotopic (exact) mass is 1320 g/mol. The Kier molecular flexibility index (Phi) is 27.0. The van der Waals surface area contributed by atoms with Crippen LogP contribution in [0.15, 0.2) is 61.2 Å². The SMILES string of the molecule is C=CCOC(=O)N[C@H](C(=O)N[C@@H](C)C(=O)Nc1ccc(COC(=O)Nc2cc(OCCCCCOc3cc(NC(=O)OC(C)(C)C)c(C(=O)N4CCC[C@H]4CO[Si](C)(C)C(C)(C)C)cc3OC)c(O)cc2C(=O)N2CCC[C@H]2CO[Si](C)(C)C(C)(C)C)cc1)C(C)C. The Morgan fingerprint density at radius 3 is 1.65 bits per heavy atom. The predicted octanol–water partition coefficient (Wildman–Crippen LogP) is 12.8. The van der Waals surface area contributed by atoms with Gasteiger partial charge in [0.1, 0.15) is 30.9 Å². The molecule has 2 heterocycles. The molecule has 2 saturated heterocycles. The van der Waals surface area contributed by atoms with Gasteiger partial charge in [0, 0.05) is 30.9 Å². The van der Waals surface area contributed by atoms with Gasteiger partial charge in [0.05, 0.1) is 68.1 Å². The van der Waals surface area contributed by atoms with Crippen molar-refractivity contribution in [2.75, 3.05) is 69.2 Å². The Labute approximate surface area is 546 Å². The van der Waals surface area contributed by atoms with Gasteiger partial charge in [-0.1, -0.05) is 80.2 Å². The van der Waals surface area contributed by atoms with Crippen molar-refractivity contribution in [3.05, 3.63) is 77.9 Å². The number of phenolic OH excluding ortho intramolecular Hbond substituents is 1. The number of methoxy groups -OCH3 is 1. The number of carbonyl (C=O) groups excluding carboxylic acids is 7. The zero-order valence-electron chi connectivity index (χ0n) is 57.4. The third-order valence-corrected chi connectivity index (χ3v) is 26.1. The van der Waals surface area contributed by atoms with E-state index in [4.69, 9.17) is 37.3 Å². The van der Waals surface area contributed by atoms with Crippen LogP contribution in [0.1, 0.15) is 154 Å². The maximum absolute atomic E-state index is 14.6. The molecule has 23 nitrogen and oxygen atoms in total. The molecule has 0 bridgehead atoms. The molecule has 510 valence electrons. The van der Waals surface area contributed by atoms with Gasteiger partial charge in [-0.15, -0.1) is 0 Å². The molecule has 0 spiro atoms. The molecule has 2 aliphatic rings. The quantitative estimate of drug-likeness (QED) is 0.0124. The molecule has 6 N–H and O–H groups in total. The summed E-state index contributed by atoms with van der Waals surface area (Å²) in [5.74, 6) is -1.78. The van der Waals surface area contributed by atoms with Crippen molar-refractivity contribution in [3.63, 3.8) is 0 Å². The average molecular weight is 1320 g/mol. The van der Waals surface area contributed by atoms with Crippen LogP contribution in [0.5, 0.6) is 23.0 Å². The minimum atomic E-state index is -2.17. The number of anilines is 3. The zero-order chi connectivity index (χ0) is 68.5. The average Bonchev–Trinajstić information content (AvgIpc) is 1.34. The largest absolute Gasteiger partial charge is 0.504 e. The molecule has 92 heavy (non-hydrogen) atoms. The van der Waals surface area contributed by atoms with E-state index < -0.39 is 70.3 Å². The van der Waals surface area contributed by atoms with Crippen LogP contribution in [-0.4, -0.2) is 156 Å². The van der Waals surface area contributed by atoms with E-state index in [-0.39, 0.29) is 94.4 Å². The maximum Gasteiger partial charge on any atom is 0.412 e. The summed E-state index contributed by atoms with van der Waals surface area (Å²) in [5.41, 5.74) is 0.664. The molecule has 4 atom stereocenters. The number of hydrogen-bond acceptors (Lipinski definition) is 16. The van der Waals surface area contributed by atoms with Gasteiger partial charge in [-0.05, 0) is 145 Å². The normalized spacial score (nSPS) is 16.0. The molecule has 3 aromatic rings. The van der Waals surface area contributed by atoms with E-state index in [1.807, 2.05) is 4.90 Å². The number of hydrogen-bond donors (Lipinski definition) is 6. The predicted molar refractivity (Wildman–Crippen MR) is 360 cm³/mol. The summed E-state index contributed by atoms with van der Waals surface area (Å²) in [6.45, 7) is 37.3. The van der Waals surface area contributed by atoms with E-state index in [0.717, 1.165) is 25.7 Å². The van der Waals surface area contributed by atoms with Crippen LogP contribution < -0.4 is 40.8 Å². The molecule has 2 aliphatic heterocycles. The minimum Gasteiger partial charge on any atom is -0.504 e. The van der Waals surface area contributed by atoms with Crippen molar-refractivity contribution in [3.8, 4) is 23.0 Å². The number of phenols is 1. The Balaban J connectivity index is 1.25. The number of aromatic hydroxyl groups is 1. The number of amides is 7. The van der Waals surface area contributed by atoms with E-state index in [1.165, 1.54) is 32.2 Å². The van der Waals surface area contributed by atoms with E-state index in [1.54, 1.807) is 75.9 Å². The fourth-order valence-electron chi connectivity index (χ4n) is 9.58. The van der Waals surface area contributed by atoms with Gasteiger partial charge in [0.15, 0.2) is 39.6 Å². The van der Waals surface area contributed by atoms with E-state index >= 15 is 0 Å². The van der Waals surface area contributed by atoms with Crippen molar-refractivity contribution in [1.82, 2.24) is 20.4 Å². The molecule has 7 amide bonds. The summed E-state index contributed by atoms with van der Waals surface area (Å²) in [5, 5.41) is 24.8. The molecule has 0 radical (unpaired) electrons. The second-order valence-corrected chi connectivity index (χ2v) is 37.5. The first-order valence-corrected chi connectivity index (χ1v) is 37.7. The third kappa shape index (κ3) is 21.9. The number of nitrogens with one attached hydrogen (secondary N) is 5. The number of alkyl carbamates (subject to hydrolysis) is 1. The van der Waals surface area contributed by atoms with Gasteiger partial charge in [-0.3, -0.25) is 29.8 Å². The molecule has 0 unspecified atom stereocenters. The summed E-state index contributed by atoms with van der Waals surface area (Å²) in [6.07, 6.45) is 3.70. The highest BCUT2D eigenvalue weighted by Crippen LogP contribution is 2.41. The van der Waals surface area contributed by atoms with Crippen molar-refractivity contribution >= 4 is 75.6 Å². The van der Waals surface area contributed by atoms with Crippen molar-refractivity contribution in [2.24, 2.45) is 5.92 Å². The number of rotatable bonds is 29. The number of likely N-dealkylation sites (tertiary alicyclic amines) is 2. The second kappa shape index (κ2) is 33.0. The number of unbranched alkanes of at least 4 members (excludes halogenated alkanes) is 2. The van der Waals surface area contributed by atoms with Gasteiger partial charge in [-0.2, -0.15) is 0 Å². The summed E-state index contributed by atoms with van der Waals surface area (Å²) in [4.78, 5) is 97.8. The smallest absolute Gasteiger partial charge is 0.412 e. The van der Waals surface area contributed by atoms with Crippen LogP contribution in [0.3, 0.4) is 0 Å². The highest BCUT2D eigenvalue weighted by Gasteiger charge is 2.42. The lowest BCUT2D eigenvalue weighted by Crippen LogP contribution is -2.53. The van der Waals surface area contributed by atoms with Gasteiger partial charge < -0.3 is 68.1 Å². The lowest BCUT2D eigenvalue weighted by atomic mass is 10.0. The summed E-state index contributed by atoms with van der Waals surface area (Å²) < 4.78 is 47.5. The van der Waals surface area contributed by atoms with Crippen LogP contribution in [0.4, 0.5) is 31.4 Å². The van der Waals surface area contributed by atoms with E-state index in [0.29, 0.717) is 68.3 Å². The van der Waals surface area contributed by atoms with E-state index in [2.05, 4.69) is 101 Å². The number of ether oxygens (including phenoxy) is 6. The Morgan fingerprint density at radius 2 is 1.15 bits per heavy atom. The Bertz CT molecular complexity index is 3050. The first-order chi connectivity index (χ1) is 42.9. The standard InChI is InChI=1S/C67H103N7O16Si2/c1-19-33-86-63(81)72-57(43(2)3)59(77)68-44(4)58(76)69-46-29-27-45(28-30-46)40-87-62(80)70-51-38-54(53(75)36-49(51)60(78)73-31-23-25-47(73)41-88-91(15,16)66(8,9)10)84-34-21-20-22-35-85-56-39-52(71-64(82)90-65(5,6)7)50(37-55(56)83-14)61(79)74-32-24-26-48(74)42-89-92(17,18)67(11,12)13/h19,27-30,36-39,43-44,47-48,57,75H,1,20-26,31-35,40-42H2,2-18H3,(H,68,77)(H,69,76)(H,70,80)(H,71,82)(H,72,81)/t44-,47-,48-,57-/m0/s1. The topological polar surface area (TPSA) is 280 Å². The molecular weight excluding hydrogens is 1210 g/mol. The first-order valence-electron chi connectivity index (χ1n) is 31.9. The van der Waals surface area contributed by atoms with Crippen LogP contribution >= 0.6 is 0 Å². The maximum atomic E-state index is 14.6. The lowest BCUT2D eigenvalue weighted by Gasteiger charge is -2.38. The van der Waals surface area contributed by atoms with Crippen molar-refractivity contribution in [2.45, 2.75) is 201 Å². The molecule has 25 heteroatoms. The molecular formula is C67H103N7O16Si2. The molecule has 0 aromatic heterocycles. The highest BCUT2D eigenvalue weighted by molar-refractivity contribution is 6.74. The molecule has 5 rings (SSSR count). The highest BCUT2D eigenvalue weighted by atomic mass is 28.4. The number of carbonyl (C=O) groups is 7. The second-order valence-electron chi connectivity index (χ2n) is 27.9. The molecule has 3 aromatic carbocycles. The van der Waals surface area contributed by atoms with Crippen molar-refractivity contribution < 1.29 is 75.9 Å². The molecule has 2 fully saturated rings. The summed E-state index contributed by atoms with van der Waals surface area (Å²) in [6, 6.07) is 10.0. The van der Waals surface area contributed by atoms with E-state index in [9.17, 15) is 38.7 Å². The fraction of sp³-hybridized carbons (Fsp3) is 0.597. The van der Waals surface area contributed by atoms with Gasteiger partial charge in [0.2, 0.25) is 11.8 Å². The molecule has 0 aliphatic carbocycles. The zero-order valence-corrected chi connectivity index (χ0v) is 59.4. The number of nitrogens with zero attached hydrogens (tertiary/aromatic N) is 2. The Morgan fingerprint density at radius 1 is 0.641 bits per heavy atom. The first kappa shape index (κ1) is 75.4. The fourth-order valence-corrected chi connectivity index (χ4v) is 11.7. The van der Waals surface area contributed by atoms with Crippen LogP contribution in [0.25, 0.3) is 0 Å². The van der Waals surface area contributed by atoms with Crippen LogP contribution in [0.2, 0.25) is 36.3 Å². The van der Waals surface area contributed by atoms with Crippen molar-refractivity contribution in [1.29, 1.82) is 0 Å². The van der Waals surface area contributed by atoms with Gasteiger partial charge in [-0.25, -0.2) is 14.4 Å². The van der Waals surface area contributed by atoms with Gasteiger partial charge >= 0.3 is 18.3 Å². The number of benzene rings is 3. The van der Waals surface area contributed by atoms with Crippen LogP contribution in [0, 0.1) is 5.92 Å². The molecule has 0 saturated carbocycles. The lowest BCUT2D eigenvalue weighted by molar-refractivity contribution is -0.128. The summed E-state index contributed by atoms with van der Waals surface area (Å²) in [7, 11) is -2.79. The Hall–Kier alpha value is -7.36.